The molecule has 2 amide bonds. The van der Waals surface area contributed by atoms with Gasteiger partial charge in [-0.15, -0.1) is 0 Å². The molecule has 1 atom stereocenters. The van der Waals surface area contributed by atoms with E-state index in [4.69, 9.17) is 4.74 Å². The van der Waals surface area contributed by atoms with Crippen LogP contribution in [-0.2, 0) is 19.6 Å². The van der Waals surface area contributed by atoms with Crippen molar-refractivity contribution in [3.63, 3.8) is 0 Å². The summed E-state index contributed by atoms with van der Waals surface area (Å²) >= 11 is 0. The van der Waals surface area contributed by atoms with Gasteiger partial charge in [-0.05, 0) is 52.2 Å². The van der Waals surface area contributed by atoms with Gasteiger partial charge in [0.15, 0.2) is 6.61 Å². The summed E-state index contributed by atoms with van der Waals surface area (Å²) in [6, 6.07) is 3.06. The van der Waals surface area contributed by atoms with Crippen LogP contribution in [0.3, 0.4) is 0 Å². The molecule has 2 heterocycles. The number of ether oxygens (including phenoxy) is 1. The minimum atomic E-state index is -3.79. The van der Waals surface area contributed by atoms with Crippen molar-refractivity contribution in [1.29, 1.82) is 0 Å². The molecule has 9 heteroatoms. The summed E-state index contributed by atoms with van der Waals surface area (Å²) in [7, 11) is -3.79. The van der Waals surface area contributed by atoms with Gasteiger partial charge in [0.1, 0.15) is 5.75 Å². The molecule has 2 aliphatic rings. The highest BCUT2D eigenvalue weighted by Gasteiger charge is 2.35. The Morgan fingerprint density at radius 2 is 2.04 bits per heavy atom. The molecule has 1 saturated heterocycles. The van der Waals surface area contributed by atoms with Crippen molar-refractivity contribution in [1.82, 2.24) is 9.62 Å². The van der Waals surface area contributed by atoms with Gasteiger partial charge in [-0.25, -0.2) is 8.42 Å². The maximum atomic E-state index is 13.3. The number of nitrogens with zero attached hydrogens (tertiary/aromatic N) is 1. The molecular formula is C19H27N3O5S. The molecule has 1 aromatic carbocycles. The molecule has 2 N–H and O–H groups in total. The van der Waals surface area contributed by atoms with Gasteiger partial charge in [-0.3, -0.25) is 9.59 Å². The van der Waals surface area contributed by atoms with Crippen LogP contribution < -0.4 is 15.4 Å². The van der Waals surface area contributed by atoms with Crippen molar-refractivity contribution < 1.29 is 22.7 Å². The van der Waals surface area contributed by atoms with Crippen molar-refractivity contribution in [2.45, 2.75) is 51.0 Å². The highest BCUT2D eigenvalue weighted by molar-refractivity contribution is 7.89. The number of hydrogen-bond acceptors (Lipinski definition) is 5. The zero-order valence-electron chi connectivity index (χ0n) is 16.7. The van der Waals surface area contributed by atoms with Crippen LogP contribution in [0.25, 0.3) is 0 Å². The lowest BCUT2D eigenvalue weighted by Crippen LogP contribution is -2.49. The Kier molecular flexibility index (Phi) is 5.42. The summed E-state index contributed by atoms with van der Waals surface area (Å²) in [5.41, 5.74) is 0.620. The number of benzene rings is 1. The Morgan fingerprint density at radius 3 is 2.71 bits per heavy atom. The zero-order chi connectivity index (χ0) is 20.7. The summed E-state index contributed by atoms with van der Waals surface area (Å²) in [6.45, 7) is 7.76. The molecule has 8 nitrogen and oxygen atoms in total. The van der Waals surface area contributed by atoms with Crippen LogP contribution >= 0.6 is 0 Å². The van der Waals surface area contributed by atoms with Crippen LogP contribution in [-0.4, -0.2) is 49.8 Å². The van der Waals surface area contributed by atoms with Crippen molar-refractivity contribution >= 4 is 27.5 Å². The number of hydrogen-bond donors (Lipinski definition) is 2. The molecule has 0 aromatic heterocycles. The zero-order valence-corrected chi connectivity index (χ0v) is 17.5. The van der Waals surface area contributed by atoms with Gasteiger partial charge < -0.3 is 15.4 Å². The Morgan fingerprint density at radius 1 is 1.32 bits per heavy atom. The molecular weight excluding hydrogens is 382 g/mol. The van der Waals surface area contributed by atoms with Gasteiger partial charge in [-0.2, -0.15) is 4.31 Å². The summed E-state index contributed by atoms with van der Waals surface area (Å²) in [5, 5.41) is 5.61. The minimum Gasteiger partial charge on any atom is -0.482 e. The number of rotatable bonds is 3. The molecule has 154 valence electrons. The van der Waals surface area contributed by atoms with Crippen LogP contribution in [0.5, 0.6) is 5.75 Å². The van der Waals surface area contributed by atoms with Crippen molar-refractivity contribution in [2.24, 2.45) is 5.92 Å². The topological polar surface area (TPSA) is 105 Å². The van der Waals surface area contributed by atoms with E-state index in [1.165, 1.54) is 10.4 Å². The lowest BCUT2D eigenvalue weighted by Gasteiger charge is -2.33. The first kappa shape index (κ1) is 20.6. The van der Waals surface area contributed by atoms with Crippen molar-refractivity contribution in [3.05, 3.63) is 17.7 Å². The number of nitrogens with one attached hydrogen (secondary N) is 2. The monoisotopic (exact) mass is 409 g/mol. The molecule has 3 rings (SSSR count). The predicted molar refractivity (Wildman–Crippen MR) is 105 cm³/mol. The number of sulfonamides is 1. The fraction of sp³-hybridized carbons (Fsp3) is 0.579. The third kappa shape index (κ3) is 4.30. The van der Waals surface area contributed by atoms with E-state index in [0.717, 1.165) is 0 Å². The fourth-order valence-corrected chi connectivity index (χ4v) is 5.23. The summed E-state index contributed by atoms with van der Waals surface area (Å²) in [5.74, 6) is -0.439. The average molecular weight is 410 g/mol. The highest BCUT2D eigenvalue weighted by atomic mass is 32.2. The number of carbonyl (C=O) groups excluding carboxylic acids is 2. The van der Waals surface area contributed by atoms with Crippen molar-refractivity contribution in [2.75, 3.05) is 25.0 Å². The number of aryl methyl sites for hydroxylation is 1. The predicted octanol–water partition coefficient (Wildman–Crippen LogP) is 1.64. The molecule has 1 aromatic rings. The summed E-state index contributed by atoms with van der Waals surface area (Å²) < 4.78 is 33.3. The van der Waals surface area contributed by atoms with Gasteiger partial charge in [0.05, 0.1) is 16.5 Å². The van der Waals surface area contributed by atoms with Crippen LogP contribution in [0.2, 0.25) is 0 Å². The van der Waals surface area contributed by atoms with Crippen LogP contribution in [0, 0.1) is 12.8 Å². The van der Waals surface area contributed by atoms with Crippen LogP contribution in [0.4, 0.5) is 5.69 Å². The third-order valence-corrected chi connectivity index (χ3v) is 6.79. The second-order valence-corrected chi connectivity index (χ2v) is 10.3. The van der Waals surface area contributed by atoms with Gasteiger partial charge in [-0.1, -0.05) is 0 Å². The third-order valence-electron chi connectivity index (χ3n) is 4.78. The molecule has 0 radical (unpaired) electrons. The molecule has 28 heavy (non-hydrogen) atoms. The van der Waals surface area contributed by atoms with E-state index in [0.29, 0.717) is 36.4 Å². The second kappa shape index (κ2) is 7.36. The normalized spacial score (nSPS) is 20.7. The van der Waals surface area contributed by atoms with Crippen LogP contribution in [0.1, 0.15) is 39.2 Å². The average Bonchev–Trinajstić information content (AvgIpc) is 2.59. The molecule has 1 fully saturated rings. The number of piperidine rings is 1. The van der Waals surface area contributed by atoms with Crippen molar-refractivity contribution in [3.8, 4) is 5.75 Å². The molecule has 0 bridgehead atoms. The molecule has 2 aliphatic heterocycles. The summed E-state index contributed by atoms with van der Waals surface area (Å²) in [4.78, 5) is 24.1. The van der Waals surface area contributed by atoms with Gasteiger partial charge in [0.25, 0.3) is 5.91 Å². The molecule has 0 aliphatic carbocycles. The Hall–Kier alpha value is -2.13. The number of anilines is 1. The maximum Gasteiger partial charge on any atom is 0.262 e. The van der Waals surface area contributed by atoms with E-state index in [1.807, 2.05) is 20.8 Å². The van der Waals surface area contributed by atoms with E-state index in [1.54, 1.807) is 13.0 Å². The maximum absolute atomic E-state index is 13.3. The van der Waals surface area contributed by atoms with Gasteiger partial charge in [0, 0.05) is 24.7 Å². The Labute approximate surface area is 165 Å². The van der Waals surface area contributed by atoms with Gasteiger partial charge in [0.2, 0.25) is 15.9 Å². The van der Waals surface area contributed by atoms with E-state index >= 15 is 0 Å². The van der Waals surface area contributed by atoms with Gasteiger partial charge >= 0.3 is 0 Å². The quantitative estimate of drug-likeness (QED) is 0.790. The Bertz CT molecular complexity index is 905. The standard InChI is InChI=1S/C19H27N3O5S/c1-12-8-14-15(27-11-17(23)20-14)9-16(12)28(25,26)22-7-5-6-13(10-22)18(24)21-19(2,3)4/h8-9,13H,5-7,10-11H2,1-4H3,(H,20,23)(H,21,24)/t13-/m1/s1. The lowest BCUT2D eigenvalue weighted by molar-refractivity contribution is -0.127. The second-order valence-electron chi connectivity index (χ2n) is 8.39. The first-order valence-corrected chi connectivity index (χ1v) is 10.8. The number of fused-ring (bicyclic) bond motifs is 1. The lowest BCUT2D eigenvalue weighted by atomic mass is 9.97. The number of amides is 2. The van der Waals surface area contributed by atoms with E-state index in [-0.39, 0.29) is 41.3 Å². The van der Waals surface area contributed by atoms with E-state index in [2.05, 4.69) is 10.6 Å². The molecule has 0 spiro atoms. The first-order chi connectivity index (χ1) is 13.0. The SMILES string of the molecule is Cc1cc2c(cc1S(=O)(=O)N1CCC[C@@H](C(=O)NC(C)(C)C)C1)OCC(=O)N2. The van der Waals surface area contributed by atoms with Crippen LogP contribution in [0.15, 0.2) is 17.0 Å². The largest absolute Gasteiger partial charge is 0.482 e. The van der Waals surface area contributed by atoms with E-state index < -0.39 is 10.0 Å². The molecule has 0 unspecified atom stereocenters. The Balaban J connectivity index is 1.84. The minimum absolute atomic E-state index is 0.124. The molecule has 0 saturated carbocycles. The first-order valence-electron chi connectivity index (χ1n) is 9.37. The number of carbonyl (C=O) groups is 2. The smallest absolute Gasteiger partial charge is 0.262 e. The fourth-order valence-electron chi connectivity index (χ4n) is 3.48. The summed E-state index contributed by atoms with van der Waals surface area (Å²) in [6.07, 6.45) is 1.28. The van der Waals surface area contributed by atoms with E-state index in [9.17, 15) is 18.0 Å². The highest BCUT2D eigenvalue weighted by Crippen LogP contribution is 2.35.